The third-order valence-electron chi connectivity index (χ3n) is 7.22. The summed E-state index contributed by atoms with van der Waals surface area (Å²) in [5.41, 5.74) is 4.69. The first-order valence-corrected chi connectivity index (χ1v) is 12.6. The fraction of sp³-hybridized carbons (Fsp3) is 0.464. The van der Waals surface area contributed by atoms with E-state index in [1.807, 2.05) is 31.2 Å². The summed E-state index contributed by atoms with van der Waals surface area (Å²) in [5, 5.41) is 12.1. The zero-order valence-electron chi connectivity index (χ0n) is 20.2. The van der Waals surface area contributed by atoms with Crippen molar-refractivity contribution in [2.45, 2.75) is 69.9 Å². The van der Waals surface area contributed by atoms with Gasteiger partial charge in [-0.1, -0.05) is 55.5 Å². The lowest BCUT2D eigenvalue weighted by Crippen LogP contribution is -2.45. The lowest BCUT2D eigenvalue weighted by Gasteiger charge is -2.35. The molecule has 1 unspecified atom stereocenters. The number of hydrogen-bond donors (Lipinski definition) is 2. The molecule has 0 aromatic heterocycles. The number of ether oxygens (including phenoxy) is 1. The first kappa shape index (κ1) is 24.8. The Labute approximate surface area is 206 Å². The van der Waals surface area contributed by atoms with Gasteiger partial charge in [-0.05, 0) is 54.4 Å². The Kier molecular flexibility index (Phi) is 8.06. The van der Waals surface area contributed by atoms with Crippen LogP contribution < -0.4 is 5.32 Å². The van der Waals surface area contributed by atoms with Gasteiger partial charge >= 0.3 is 12.1 Å². The average molecular weight is 479 g/mol. The molecule has 2 aromatic rings. The van der Waals surface area contributed by atoms with Gasteiger partial charge in [0.1, 0.15) is 6.61 Å². The van der Waals surface area contributed by atoms with E-state index in [9.17, 15) is 14.4 Å². The van der Waals surface area contributed by atoms with E-state index in [1.54, 1.807) is 4.90 Å². The maximum atomic E-state index is 12.8. The summed E-state index contributed by atoms with van der Waals surface area (Å²) in [6, 6.07) is 16.0. The summed E-state index contributed by atoms with van der Waals surface area (Å²) >= 11 is 0. The number of nitrogens with zero attached hydrogens (tertiary/aromatic N) is 1. The standard InChI is InChI=1S/C28H34N2O5/c1-2-19(14-15-26(31)30-16-8-7-9-20(30)17-27(32)33)29-28(34)35-18-25-23-12-5-3-10-21(23)22-11-4-6-13-24(22)25/h3-6,10-13,19-20,25H,2,7-9,14-18H2,1H3,(H,29,34)(H,32,33)/t19?,20-/m0/s1. The molecule has 1 heterocycles. The molecule has 186 valence electrons. The third-order valence-corrected chi connectivity index (χ3v) is 7.22. The number of alkyl carbamates (subject to hydrolysis) is 1. The van der Waals surface area contributed by atoms with E-state index < -0.39 is 12.1 Å². The lowest BCUT2D eigenvalue weighted by atomic mass is 9.98. The number of piperidine rings is 1. The summed E-state index contributed by atoms with van der Waals surface area (Å²) in [6.45, 7) is 2.82. The van der Waals surface area contributed by atoms with Crippen LogP contribution in [-0.4, -0.2) is 53.2 Å². The monoisotopic (exact) mass is 478 g/mol. The number of rotatable bonds is 9. The minimum atomic E-state index is -0.877. The Hall–Kier alpha value is -3.35. The van der Waals surface area contributed by atoms with Crippen LogP contribution in [0.3, 0.4) is 0 Å². The zero-order chi connectivity index (χ0) is 24.8. The molecule has 2 atom stereocenters. The van der Waals surface area contributed by atoms with E-state index in [0.717, 1.165) is 30.4 Å². The van der Waals surface area contributed by atoms with E-state index in [2.05, 4.69) is 29.6 Å². The highest BCUT2D eigenvalue weighted by Crippen LogP contribution is 2.44. The predicted octanol–water partition coefficient (Wildman–Crippen LogP) is 4.94. The quantitative estimate of drug-likeness (QED) is 0.532. The molecule has 0 spiro atoms. The van der Waals surface area contributed by atoms with Crippen molar-refractivity contribution < 1.29 is 24.2 Å². The van der Waals surface area contributed by atoms with E-state index in [1.165, 1.54) is 11.1 Å². The number of hydrogen-bond acceptors (Lipinski definition) is 4. The largest absolute Gasteiger partial charge is 0.481 e. The Balaban J connectivity index is 1.29. The third kappa shape index (κ3) is 5.84. The van der Waals surface area contributed by atoms with Gasteiger partial charge in [-0.25, -0.2) is 4.79 Å². The minimum absolute atomic E-state index is 0.0000690. The number of carboxylic acid groups (broad SMARTS) is 1. The molecule has 2 amide bonds. The molecule has 1 fully saturated rings. The second-order valence-corrected chi connectivity index (χ2v) is 9.45. The number of amides is 2. The van der Waals surface area contributed by atoms with Crippen molar-refractivity contribution in [2.75, 3.05) is 13.2 Å². The SMILES string of the molecule is CCC(CCC(=O)N1CCCC[C@H]1CC(=O)O)NC(=O)OCC1c2ccccc2-c2ccccc21. The summed E-state index contributed by atoms with van der Waals surface area (Å²) in [7, 11) is 0. The number of likely N-dealkylation sites (tertiary alicyclic amines) is 1. The highest BCUT2D eigenvalue weighted by atomic mass is 16.5. The molecule has 0 saturated carbocycles. The van der Waals surface area contributed by atoms with E-state index in [-0.39, 0.29) is 43.4 Å². The van der Waals surface area contributed by atoms with Crippen LogP contribution in [-0.2, 0) is 14.3 Å². The molecule has 1 aliphatic heterocycles. The fourth-order valence-corrected chi connectivity index (χ4v) is 5.37. The first-order valence-electron chi connectivity index (χ1n) is 12.6. The first-order chi connectivity index (χ1) is 17.0. The normalized spacial score (nSPS) is 17.9. The average Bonchev–Trinajstić information content (AvgIpc) is 3.18. The number of carboxylic acids is 1. The van der Waals surface area contributed by atoms with Gasteiger partial charge in [0.2, 0.25) is 5.91 Å². The minimum Gasteiger partial charge on any atom is -0.481 e. The Bertz CT molecular complexity index is 1020. The number of carbonyl (C=O) groups excluding carboxylic acids is 2. The van der Waals surface area contributed by atoms with Crippen molar-refractivity contribution in [1.82, 2.24) is 10.2 Å². The molecule has 0 bridgehead atoms. The van der Waals surface area contributed by atoms with E-state index >= 15 is 0 Å². The summed E-state index contributed by atoms with van der Waals surface area (Å²) < 4.78 is 5.65. The molecule has 4 rings (SSSR count). The number of nitrogens with one attached hydrogen (secondary N) is 1. The van der Waals surface area contributed by atoms with Crippen molar-refractivity contribution in [2.24, 2.45) is 0 Å². The molecule has 7 heteroatoms. The topological polar surface area (TPSA) is 95.9 Å². The Morgan fingerprint density at radius 3 is 2.34 bits per heavy atom. The zero-order valence-corrected chi connectivity index (χ0v) is 20.2. The number of benzene rings is 2. The van der Waals surface area contributed by atoms with Crippen LogP contribution in [0.15, 0.2) is 48.5 Å². The molecule has 1 aliphatic carbocycles. The maximum Gasteiger partial charge on any atom is 0.407 e. The van der Waals surface area contributed by atoms with Crippen molar-refractivity contribution in [3.63, 3.8) is 0 Å². The van der Waals surface area contributed by atoms with Crippen molar-refractivity contribution in [3.8, 4) is 11.1 Å². The van der Waals surface area contributed by atoms with Crippen LogP contribution in [0.25, 0.3) is 11.1 Å². The van der Waals surface area contributed by atoms with Crippen LogP contribution >= 0.6 is 0 Å². The maximum absolute atomic E-state index is 12.8. The van der Waals surface area contributed by atoms with Gasteiger partial charge in [0.25, 0.3) is 0 Å². The molecular formula is C28H34N2O5. The summed E-state index contributed by atoms with van der Waals surface area (Å²) in [5.74, 6) is -0.915. The Morgan fingerprint density at radius 1 is 1.06 bits per heavy atom. The summed E-state index contributed by atoms with van der Waals surface area (Å²) in [6.07, 6.45) is 3.53. The summed E-state index contributed by atoms with van der Waals surface area (Å²) in [4.78, 5) is 38.3. The second kappa shape index (κ2) is 11.4. The number of fused-ring (bicyclic) bond motifs is 3. The van der Waals surface area contributed by atoms with Gasteiger partial charge in [0.05, 0.1) is 6.42 Å². The van der Waals surface area contributed by atoms with Gasteiger partial charge in [-0.2, -0.15) is 0 Å². The highest BCUT2D eigenvalue weighted by molar-refractivity contribution is 5.79. The van der Waals surface area contributed by atoms with Gasteiger partial charge in [0.15, 0.2) is 0 Å². The van der Waals surface area contributed by atoms with Crippen molar-refractivity contribution in [3.05, 3.63) is 59.7 Å². The lowest BCUT2D eigenvalue weighted by molar-refractivity contribution is -0.142. The number of carbonyl (C=O) groups is 3. The van der Waals surface area contributed by atoms with Crippen LogP contribution in [0, 0.1) is 0 Å². The molecule has 7 nitrogen and oxygen atoms in total. The molecule has 1 saturated heterocycles. The van der Waals surface area contributed by atoms with Crippen molar-refractivity contribution >= 4 is 18.0 Å². The van der Waals surface area contributed by atoms with Crippen LogP contribution in [0.1, 0.15) is 68.9 Å². The highest BCUT2D eigenvalue weighted by Gasteiger charge is 2.30. The molecule has 2 aliphatic rings. The van der Waals surface area contributed by atoms with Crippen LogP contribution in [0.2, 0.25) is 0 Å². The second-order valence-electron chi connectivity index (χ2n) is 9.45. The van der Waals surface area contributed by atoms with Crippen LogP contribution in [0.4, 0.5) is 4.79 Å². The van der Waals surface area contributed by atoms with Crippen molar-refractivity contribution in [1.29, 1.82) is 0 Å². The van der Waals surface area contributed by atoms with Crippen LogP contribution in [0.5, 0.6) is 0 Å². The van der Waals surface area contributed by atoms with Gasteiger partial charge < -0.3 is 20.1 Å². The van der Waals surface area contributed by atoms with Gasteiger partial charge in [-0.3, -0.25) is 9.59 Å². The fourth-order valence-electron chi connectivity index (χ4n) is 5.37. The van der Waals surface area contributed by atoms with E-state index in [0.29, 0.717) is 19.4 Å². The Morgan fingerprint density at radius 2 is 1.71 bits per heavy atom. The van der Waals surface area contributed by atoms with Gasteiger partial charge in [0, 0.05) is 31.0 Å². The molecule has 2 N–H and O–H groups in total. The molecule has 35 heavy (non-hydrogen) atoms. The number of aliphatic carboxylic acids is 1. The van der Waals surface area contributed by atoms with Gasteiger partial charge in [-0.15, -0.1) is 0 Å². The molecule has 0 radical (unpaired) electrons. The molecular weight excluding hydrogens is 444 g/mol. The molecule has 2 aromatic carbocycles. The van der Waals surface area contributed by atoms with E-state index in [4.69, 9.17) is 9.84 Å². The smallest absolute Gasteiger partial charge is 0.407 e. The predicted molar refractivity (Wildman–Crippen MR) is 133 cm³/mol.